The van der Waals surface area contributed by atoms with Crippen LogP contribution in [0.2, 0.25) is 5.02 Å². The van der Waals surface area contributed by atoms with Gasteiger partial charge in [-0.25, -0.2) is 4.39 Å². The predicted octanol–water partition coefficient (Wildman–Crippen LogP) is 4.79. The molecular weight excluding hydrogens is 305 g/mol. The molecule has 0 aromatic heterocycles. The van der Waals surface area contributed by atoms with Crippen molar-refractivity contribution in [2.75, 3.05) is 12.3 Å². The van der Waals surface area contributed by atoms with Gasteiger partial charge in [0.25, 0.3) is 0 Å². The highest BCUT2D eigenvalue weighted by atomic mass is 35.5. The van der Waals surface area contributed by atoms with E-state index in [0.717, 1.165) is 12.3 Å². The number of nitrogens with one attached hydrogen (secondary N) is 1. The molecule has 0 heterocycles. The van der Waals surface area contributed by atoms with Crippen LogP contribution < -0.4 is 5.32 Å². The molecule has 0 bridgehead atoms. The van der Waals surface area contributed by atoms with Gasteiger partial charge in [0, 0.05) is 27.3 Å². The lowest BCUT2D eigenvalue weighted by molar-refractivity contribution is 0.545. The topological polar surface area (TPSA) is 12.0 Å². The molecule has 1 N–H and O–H groups in total. The minimum Gasteiger partial charge on any atom is -0.313 e. The number of likely N-dealkylation sites (N-methyl/N-ethyl adjacent to an activating group) is 1. The average Bonchev–Trinajstić information content (AvgIpc) is 2.49. The first-order valence-electron chi connectivity index (χ1n) is 7.04. The number of thioether (sulfide) groups is 1. The van der Waals surface area contributed by atoms with E-state index >= 15 is 0 Å². The molecule has 0 aliphatic rings. The average molecular weight is 324 g/mol. The minimum atomic E-state index is -0.227. The van der Waals surface area contributed by atoms with Gasteiger partial charge in [-0.3, -0.25) is 0 Å². The van der Waals surface area contributed by atoms with Crippen molar-refractivity contribution in [1.29, 1.82) is 0 Å². The van der Waals surface area contributed by atoms with Crippen LogP contribution in [0.3, 0.4) is 0 Å². The van der Waals surface area contributed by atoms with Gasteiger partial charge in [0.1, 0.15) is 5.82 Å². The molecule has 112 valence electrons. The zero-order chi connectivity index (χ0) is 15.1. The van der Waals surface area contributed by atoms with Gasteiger partial charge in [0.15, 0.2) is 0 Å². The van der Waals surface area contributed by atoms with Crippen LogP contribution in [0.25, 0.3) is 0 Å². The summed E-state index contributed by atoms with van der Waals surface area (Å²) in [6.45, 7) is 2.91. The lowest BCUT2D eigenvalue weighted by Crippen LogP contribution is -2.33. The summed E-state index contributed by atoms with van der Waals surface area (Å²) in [7, 11) is 0. The lowest BCUT2D eigenvalue weighted by atomic mass is 10.1. The Morgan fingerprint density at radius 3 is 2.57 bits per heavy atom. The zero-order valence-corrected chi connectivity index (χ0v) is 13.6. The summed E-state index contributed by atoms with van der Waals surface area (Å²) in [6.07, 6.45) is 0.596. The fourth-order valence-corrected chi connectivity index (χ4v) is 3.39. The molecule has 0 aliphatic heterocycles. The van der Waals surface area contributed by atoms with Gasteiger partial charge >= 0.3 is 0 Å². The van der Waals surface area contributed by atoms with Gasteiger partial charge in [-0.1, -0.05) is 42.8 Å². The largest absolute Gasteiger partial charge is 0.313 e. The first-order chi connectivity index (χ1) is 10.2. The van der Waals surface area contributed by atoms with Gasteiger partial charge < -0.3 is 5.32 Å². The normalized spacial score (nSPS) is 12.3. The van der Waals surface area contributed by atoms with Crippen LogP contribution in [0.1, 0.15) is 12.5 Å². The fourth-order valence-electron chi connectivity index (χ4n) is 2.17. The van der Waals surface area contributed by atoms with Crippen LogP contribution in [0.15, 0.2) is 53.4 Å². The standard InChI is InChI=1S/C17H19ClFNS/c1-2-20-13(12-21-14-7-4-3-5-8-14)11-15-16(18)9-6-10-17(15)19/h3-10,13,20H,2,11-12H2,1H3. The van der Waals surface area contributed by atoms with E-state index in [1.54, 1.807) is 23.9 Å². The maximum absolute atomic E-state index is 13.9. The van der Waals surface area contributed by atoms with Crippen LogP contribution in [-0.4, -0.2) is 18.3 Å². The highest BCUT2D eigenvalue weighted by Gasteiger charge is 2.14. The molecule has 0 aliphatic carbocycles. The van der Waals surface area contributed by atoms with Crippen LogP contribution >= 0.6 is 23.4 Å². The molecule has 0 amide bonds. The quantitative estimate of drug-likeness (QED) is 0.735. The van der Waals surface area contributed by atoms with Crippen molar-refractivity contribution < 1.29 is 4.39 Å². The van der Waals surface area contributed by atoms with Gasteiger partial charge in [0.05, 0.1) is 0 Å². The maximum Gasteiger partial charge on any atom is 0.127 e. The monoisotopic (exact) mass is 323 g/mol. The van der Waals surface area contributed by atoms with Crippen molar-refractivity contribution in [3.05, 3.63) is 64.9 Å². The van der Waals surface area contributed by atoms with Gasteiger partial charge in [-0.15, -0.1) is 11.8 Å². The first-order valence-corrected chi connectivity index (χ1v) is 8.41. The highest BCUT2D eigenvalue weighted by Crippen LogP contribution is 2.23. The van der Waals surface area contributed by atoms with Gasteiger partial charge in [-0.2, -0.15) is 0 Å². The van der Waals surface area contributed by atoms with E-state index in [1.807, 2.05) is 18.2 Å². The van der Waals surface area contributed by atoms with Crippen molar-refractivity contribution in [2.45, 2.75) is 24.3 Å². The third-order valence-electron chi connectivity index (χ3n) is 3.20. The van der Waals surface area contributed by atoms with E-state index in [4.69, 9.17) is 11.6 Å². The molecule has 2 aromatic rings. The van der Waals surface area contributed by atoms with Crippen molar-refractivity contribution in [3.8, 4) is 0 Å². The van der Waals surface area contributed by atoms with E-state index < -0.39 is 0 Å². The molecule has 1 atom stereocenters. The molecule has 0 spiro atoms. The van der Waals surface area contributed by atoms with Crippen LogP contribution in [0, 0.1) is 5.82 Å². The minimum absolute atomic E-state index is 0.189. The van der Waals surface area contributed by atoms with Crippen LogP contribution in [0.5, 0.6) is 0 Å². The van der Waals surface area contributed by atoms with E-state index in [9.17, 15) is 4.39 Å². The third-order valence-corrected chi connectivity index (χ3v) is 4.73. The molecule has 0 fully saturated rings. The molecule has 1 unspecified atom stereocenters. The number of benzene rings is 2. The Bertz CT molecular complexity index is 542. The fraction of sp³-hybridized carbons (Fsp3) is 0.294. The Morgan fingerprint density at radius 2 is 1.90 bits per heavy atom. The van der Waals surface area contributed by atoms with Crippen LogP contribution in [-0.2, 0) is 6.42 Å². The van der Waals surface area contributed by atoms with E-state index in [2.05, 4.69) is 24.4 Å². The van der Waals surface area contributed by atoms with Crippen molar-refractivity contribution in [3.63, 3.8) is 0 Å². The summed E-state index contributed by atoms with van der Waals surface area (Å²) in [4.78, 5) is 1.22. The Morgan fingerprint density at radius 1 is 1.14 bits per heavy atom. The Labute approximate surface area is 134 Å². The van der Waals surface area contributed by atoms with E-state index in [-0.39, 0.29) is 11.9 Å². The summed E-state index contributed by atoms with van der Waals surface area (Å²) in [5.41, 5.74) is 0.596. The maximum atomic E-state index is 13.9. The second-order valence-corrected chi connectivity index (χ2v) is 6.28. The summed E-state index contributed by atoms with van der Waals surface area (Å²) in [6, 6.07) is 15.3. The van der Waals surface area contributed by atoms with Crippen molar-refractivity contribution >= 4 is 23.4 Å². The van der Waals surface area contributed by atoms with E-state index in [1.165, 1.54) is 11.0 Å². The molecule has 1 nitrogen and oxygen atoms in total. The van der Waals surface area contributed by atoms with Crippen LogP contribution in [0.4, 0.5) is 4.39 Å². The molecule has 21 heavy (non-hydrogen) atoms. The number of hydrogen-bond donors (Lipinski definition) is 1. The molecule has 0 radical (unpaired) electrons. The Balaban J connectivity index is 2.02. The second-order valence-electron chi connectivity index (χ2n) is 4.78. The number of hydrogen-bond acceptors (Lipinski definition) is 2. The van der Waals surface area contributed by atoms with Crippen molar-refractivity contribution in [2.24, 2.45) is 0 Å². The van der Waals surface area contributed by atoms with Gasteiger partial charge in [-0.05, 0) is 37.2 Å². The summed E-state index contributed by atoms with van der Waals surface area (Å²) in [5.74, 6) is 0.651. The molecule has 0 saturated heterocycles. The molecule has 2 rings (SSSR count). The number of halogens is 2. The summed E-state index contributed by atoms with van der Waals surface area (Å²) < 4.78 is 13.9. The Hall–Kier alpha value is -1.03. The SMILES string of the molecule is CCNC(CSc1ccccc1)Cc1c(F)cccc1Cl. The smallest absolute Gasteiger partial charge is 0.127 e. The second kappa shape index (κ2) is 8.42. The third kappa shape index (κ3) is 5.03. The highest BCUT2D eigenvalue weighted by molar-refractivity contribution is 7.99. The first kappa shape index (κ1) is 16.3. The van der Waals surface area contributed by atoms with Crippen molar-refractivity contribution in [1.82, 2.24) is 5.32 Å². The molecular formula is C17H19ClFNS. The number of rotatable bonds is 7. The molecule has 4 heteroatoms. The molecule has 2 aromatic carbocycles. The van der Waals surface area contributed by atoms with E-state index in [0.29, 0.717) is 17.0 Å². The Kier molecular flexibility index (Phi) is 6.55. The molecule has 0 saturated carbocycles. The lowest BCUT2D eigenvalue weighted by Gasteiger charge is -2.18. The predicted molar refractivity (Wildman–Crippen MR) is 89.7 cm³/mol. The summed E-state index contributed by atoms with van der Waals surface area (Å²) >= 11 is 7.89. The zero-order valence-electron chi connectivity index (χ0n) is 12.0. The van der Waals surface area contributed by atoms with Gasteiger partial charge in [0.2, 0.25) is 0 Å². The summed E-state index contributed by atoms with van der Waals surface area (Å²) in [5, 5.41) is 3.91.